The minimum Gasteiger partial charge on any atom is -0.468 e. The van der Waals surface area contributed by atoms with Crippen molar-refractivity contribution < 1.29 is 26.4 Å². The van der Waals surface area contributed by atoms with Crippen LogP contribution in [0.25, 0.3) is 0 Å². The second-order valence-corrected chi connectivity index (χ2v) is 10.1. The topological polar surface area (TPSA) is 94.6 Å². The number of benzene rings is 1. The minimum atomic E-state index is -4.28. The van der Waals surface area contributed by atoms with Crippen molar-refractivity contribution in [2.24, 2.45) is 0 Å². The van der Waals surface area contributed by atoms with Gasteiger partial charge in [0.2, 0.25) is 9.05 Å². The van der Waals surface area contributed by atoms with Gasteiger partial charge in [-0.25, -0.2) is 16.8 Å². The Labute approximate surface area is 130 Å². The van der Waals surface area contributed by atoms with E-state index in [0.717, 1.165) is 7.11 Å². The number of esters is 1. The molecule has 0 spiro atoms. The summed E-state index contributed by atoms with van der Waals surface area (Å²) in [6.07, 6.45) is -0.440. The predicted octanol–water partition coefficient (Wildman–Crippen LogP) is 1.19. The van der Waals surface area contributed by atoms with Crippen LogP contribution in [0.1, 0.15) is 11.1 Å². The maximum absolute atomic E-state index is 11.9. The first-order chi connectivity index (χ1) is 9.51. The first-order valence-electron chi connectivity index (χ1n) is 5.60. The molecule has 0 aromatic heterocycles. The van der Waals surface area contributed by atoms with Gasteiger partial charge in [-0.3, -0.25) is 4.79 Å². The summed E-state index contributed by atoms with van der Waals surface area (Å²) in [6.45, 7) is 0. The van der Waals surface area contributed by atoms with Gasteiger partial charge in [0.25, 0.3) is 9.05 Å². The quantitative estimate of drug-likeness (QED) is 0.584. The molecule has 0 aliphatic heterocycles. The minimum absolute atomic E-state index is 0.171. The lowest BCUT2D eigenvalue weighted by atomic mass is 10.1. The first kappa shape index (κ1) is 16.5. The fraction of sp³-hybridized carbons (Fsp3) is 0.364. The molecule has 21 heavy (non-hydrogen) atoms. The van der Waals surface area contributed by atoms with Crippen LogP contribution in [0.4, 0.5) is 0 Å². The van der Waals surface area contributed by atoms with E-state index < -0.39 is 28.8 Å². The SMILES string of the molecule is COC(=O)C1(S(=O)(=O)Cl)Cc2ccc(S(=O)(=O)Cl)cc2C1. The molecular weight excluding hydrogens is 363 g/mol. The van der Waals surface area contributed by atoms with E-state index in [1.165, 1.54) is 18.2 Å². The zero-order valence-electron chi connectivity index (χ0n) is 10.7. The lowest BCUT2D eigenvalue weighted by molar-refractivity contribution is -0.143. The number of halogens is 2. The Bertz CT molecular complexity index is 815. The fourth-order valence-corrected chi connectivity index (χ4v) is 4.63. The van der Waals surface area contributed by atoms with Gasteiger partial charge in [0.1, 0.15) is 0 Å². The lowest BCUT2D eigenvalue weighted by Gasteiger charge is -2.21. The molecule has 10 heteroatoms. The average Bonchev–Trinajstić information content (AvgIpc) is 2.75. The number of carbonyl (C=O) groups is 1. The number of ether oxygens (including phenoxy) is 1. The molecule has 1 unspecified atom stereocenters. The van der Waals surface area contributed by atoms with Gasteiger partial charge in [-0.1, -0.05) is 6.07 Å². The van der Waals surface area contributed by atoms with E-state index in [1.807, 2.05) is 0 Å². The van der Waals surface area contributed by atoms with Crippen LogP contribution < -0.4 is 0 Å². The zero-order chi connectivity index (χ0) is 16.1. The summed E-state index contributed by atoms with van der Waals surface area (Å²) in [5.74, 6) is -0.982. The molecule has 1 aromatic carbocycles. The molecule has 2 rings (SSSR count). The number of carbonyl (C=O) groups excluding carboxylic acids is 1. The molecule has 1 aromatic rings. The van der Waals surface area contributed by atoms with Crippen molar-refractivity contribution in [3.8, 4) is 0 Å². The van der Waals surface area contributed by atoms with Gasteiger partial charge in [0.15, 0.2) is 4.75 Å². The fourth-order valence-electron chi connectivity index (χ4n) is 2.37. The maximum Gasteiger partial charge on any atom is 0.329 e. The van der Waals surface area contributed by atoms with Gasteiger partial charge in [-0.2, -0.15) is 0 Å². The van der Waals surface area contributed by atoms with E-state index in [4.69, 9.17) is 21.4 Å². The Hall–Kier alpha value is -0.830. The average molecular weight is 373 g/mol. The molecule has 0 radical (unpaired) electrons. The third-order valence-electron chi connectivity index (χ3n) is 3.44. The molecule has 0 saturated heterocycles. The summed E-state index contributed by atoms with van der Waals surface area (Å²) in [7, 11) is 3.50. The highest BCUT2D eigenvalue weighted by Gasteiger charge is 2.55. The summed E-state index contributed by atoms with van der Waals surface area (Å²) >= 11 is 0. The summed E-state index contributed by atoms with van der Waals surface area (Å²) in [4.78, 5) is 11.7. The van der Waals surface area contributed by atoms with E-state index in [-0.39, 0.29) is 17.7 Å². The van der Waals surface area contributed by atoms with Crippen LogP contribution in [0.3, 0.4) is 0 Å². The van der Waals surface area contributed by atoms with Crippen LogP contribution in [0.2, 0.25) is 0 Å². The summed E-state index contributed by atoms with van der Waals surface area (Å²) in [6, 6.07) is 3.90. The molecule has 0 fully saturated rings. The summed E-state index contributed by atoms with van der Waals surface area (Å²) in [5, 5.41) is 0. The van der Waals surface area contributed by atoms with Crippen LogP contribution >= 0.6 is 21.4 Å². The van der Waals surface area contributed by atoms with Crippen LogP contribution in [0.15, 0.2) is 23.1 Å². The maximum atomic E-state index is 11.9. The number of methoxy groups -OCH3 is 1. The summed E-state index contributed by atoms with van der Waals surface area (Å²) in [5.41, 5.74) is 0.889. The third-order valence-corrected chi connectivity index (χ3v) is 7.06. The van der Waals surface area contributed by atoms with Gasteiger partial charge >= 0.3 is 5.97 Å². The smallest absolute Gasteiger partial charge is 0.329 e. The molecule has 1 aliphatic carbocycles. The van der Waals surface area contributed by atoms with E-state index >= 15 is 0 Å². The molecule has 1 atom stereocenters. The van der Waals surface area contributed by atoms with Crippen molar-refractivity contribution in [1.29, 1.82) is 0 Å². The van der Waals surface area contributed by atoms with Gasteiger partial charge in [-0.15, -0.1) is 0 Å². The number of rotatable bonds is 3. The van der Waals surface area contributed by atoms with Crippen molar-refractivity contribution in [3.05, 3.63) is 29.3 Å². The highest BCUT2D eigenvalue weighted by Crippen LogP contribution is 2.40. The van der Waals surface area contributed by atoms with Gasteiger partial charge < -0.3 is 4.74 Å². The standard InChI is InChI=1S/C11H10Cl2O6S2/c1-19-10(14)11(21(13,17)18)5-7-2-3-9(20(12,15)16)4-8(7)6-11/h2-4H,5-6H2,1H3. The molecule has 0 amide bonds. The summed E-state index contributed by atoms with van der Waals surface area (Å²) < 4.78 is 48.9. The number of fused-ring (bicyclic) bond motifs is 1. The third kappa shape index (κ3) is 2.77. The van der Waals surface area contributed by atoms with Crippen molar-refractivity contribution in [1.82, 2.24) is 0 Å². The van der Waals surface area contributed by atoms with Crippen molar-refractivity contribution >= 4 is 45.4 Å². The van der Waals surface area contributed by atoms with Gasteiger partial charge in [0, 0.05) is 34.2 Å². The normalized spacial score (nSPS) is 21.9. The number of hydrogen-bond acceptors (Lipinski definition) is 6. The van der Waals surface area contributed by atoms with E-state index in [0.29, 0.717) is 11.1 Å². The monoisotopic (exact) mass is 372 g/mol. The Morgan fingerprint density at radius 2 is 1.71 bits per heavy atom. The second kappa shape index (κ2) is 5.12. The Morgan fingerprint density at radius 3 is 2.19 bits per heavy atom. The van der Waals surface area contributed by atoms with Gasteiger partial charge in [-0.05, 0) is 23.3 Å². The van der Waals surface area contributed by atoms with Crippen LogP contribution in [-0.2, 0) is 40.5 Å². The molecule has 0 heterocycles. The van der Waals surface area contributed by atoms with E-state index in [1.54, 1.807) is 0 Å². The first-order valence-corrected chi connectivity index (χ1v) is 10.2. The largest absolute Gasteiger partial charge is 0.468 e. The lowest BCUT2D eigenvalue weighted by Crippen LogP contribution is -2.45. The zero-order valence-corrected chi connectivity index (χ0v) is 13.8. The van der Waals surface area contributed by atoms with Gasteiger partial charge in [0.05, 0.1) is 12.0 Å². The van der Waals surface area contributed by atoms with Crippen LogP contribution in [0.5, 0.6) is 0 Å². The van der Waals surface area contributed by atoms with Crippen LogP contribution in [-0.4, -0.2) is 34.7 Å². The van der Waals surface area contributed by atoms with E-state index in [9.17, 15) is 21.6 Å². The van der Waals surface area contributed by atoms with Crippen molar-refractivity contribution in [2.75, 3.05) is 7.11 Å². The van der Waals surface area contributed by atoms with Crippen LogP contribution in [0, 0.1) is 0 Å². The molecule has 0 bridgehead atoms. The van der Waals surface area contributed by atoms with E-state index in [2.05, 4.69) is 4.74 Å². The Balaban J connectivity index is 2.58. The molecule has 116 valence electrons. The highest BCUT2D eigenvalue weighted by atomic mass is 35.7. The highest BCUT2D eigenvalue weighted by molar-refractivity contribution is 8.15. The molecule has 0 saturated carbocycles. The molecular formula is C11H10Cl2O6S2. The number of hydrogen-bond donors (Lipinski definition) is 0. The molecule has 6 nitrogen and oxygen atoms in total. The van der Waals surface area contributed by atoms with Crippen molar-refractivity contribution in [2.45, 2.75) is 22.5 Å². The molecule has 0 N–H and O–H groups in total. The second-order valence-electron chi connectivity index (χ2n) is 4.65. The Morgan fingerprint density at radius 1 is 1.14 bits per heavy atom. The Kier molecular flexibility index (Phi) is 4.03. The van der Waals surface area contributed by atoms with Crippen molar-refractivity contribution in [3.63, 3.8) is 0 Å². The molecule has 1 aliphatic rings. The predicted molar refractivity (Wildman–Crippen MR) is 76.4 cm³/mol.